The summed E-state index contributed by atoms with van der Waals surface area (Å²) in [5.41, 5.74) is 4.05. The second-order valence-electron chi connectivity index (χ2n) is 7.71. The molecule has 168 valence electrons. The van der Waals surface area contributed by atoms with Crippen LogP contribution in [-0.4, -0.2) is 32.6 Å². The van der Waals surface area contributed by atoms with Crippen molar-refractivity contribution in [1.82, 2.24) is 0 Å². The van der Waals surface area contributed by atoms with E-state index in [4.69, 9.17) is 9.47 Å². The van der Waals surface area contributed by atoms with Crippen molar-refractivity contribution in [3.8, 4) is 11.5 Å². The molecule has 0 fully saturated rings. The van der Waals surface area contributed by atoms with Crippen molar-refractivity contribution in [3.05, 3.63) is 89.5 Å². The molecule has 3 aromatic rings. The minimum atomic E-state index is -0.263. The van der Waals surface area contributed by atoms with Crippen LogP contribution in [0.15, 0.2) is 72.8 Å². The Hall–Kier alpha value is -4.06. The largest absolute Gasteiger partial charge is 0.493 e. The lowest BCUT2D eigenvalue weighted by Gasteiger charge is -2.30. The van der Waals surface area contributed by atoms with E-state index in [1.165, 1.54) is 6.08 Å². The molecule has 0 aliphatic carbocycles. The summed E-state index contributed by atoms with van der Waals surface area (Å²) in [5, 5.41) is 2.89. The molecule has 0 spiro atoms. The van der Waals surface area contributed by atoms with Gasteiger partial charge in [-0.05, 0) is 66.4 Å². The Morgan fingerprint density at radius 2 is 1.73 bits per heavy atom. The van der Waals surface area contributed by atoms with Crippen molar-refractivity contribution in [2.45, 2.75) is 12.8 Å². The standard InChI is InChI=1S/C27H26N2O4/c1-32-24-14-10-19(17-25(24)33-2)11-15-26(30)28-22-13-12-20-9-6-16-29(23(20)18-22)27(31)21-7-4-3-5-8-21/h3-5,7-8,10-15,17-18H,6,9,16H2,1-2H3,(H,28,30)/b15-11+. The number of hydrogen-bond donors (Lipinski definition) is 1. The number of amides is 2. The van der Waals surface area contributed by atoms with Gasteiger partial charge in [0.25, 0.3) is 5.91 Å². The number of anilines is 2. The summed E-state index contributed by atoms with van der Waals surface area (Å²) >= 11 is 0. The molecule has 0 saturated heterocycles. The van der Waals surface area contributed by atoms with E-state index in [2.05, 4.69) is 5.32 Å². The highest BCUT2D eigenvalue weighted by Crippen LogP contribution is 2.31. The second-order valence-corrected chi connectivity index (χ2v) is 7.71. The first-order valence-electron chi connectivity index (χ1n) is 10.8. The minimum Gasteiger partial charge on any atom is -0.493 e. The number of ether oxygens (including phenoxy) is 2. The summed E-state index contributed by atoms with van der Waals surface area (Å²) in [6.45, 7) is 0.650. The zero-order valence-electron chi connectivity index (χ0n) is 18.7. The van der Waals surface area contributed by atoms with Crippen LogP contribution in [0.2, 0.25) is 0 Å². The first-order valence-corrected chi connectivity index (χ1v) is 10.8. The Balaban J connectivity index is 1.50. The van der Waals surface area contributed by atoms with E-state index in [9.17, 15) is 9.59 Å². The van der Waals surface area contributed by atoms with Crippen LogP contribution in [0.1, 0.15) is 27.9 Å². The van der Waals surface area contributed by atoms with Gasteiger partial charge in [-0.1, -0.05) is 30.3 Å². The molecule has 1 aliphatic heterocycles. The maximum Gasteiger partial charge on any atom is 0.258 e. The van der Waals surface area contributed by atoms with Crippen LogP contribution in [0.4, 0.5) is 11.4 Å². The zero-order valence-corrected chi connectivity index (χ0v) is 18.7. The number of carbonyl (C=O) groups is 2. The fourth-order valence-corrected chi connectivity index (χ4v) is 3.91. The zero-order chi connectivity index (χ0) is 23.2. The van der Waals surface area contributed by atoms with Crippen LogP contribution < -0.4 is 19.7 Å². The highest BCUT2D eigenvalue weighted by Gasteiger charge is 2.24. The van der Waals surface area contributed by atoms with Gasteiger partial charge in [0.15, 0.2) is 11.5 Å². The van der Waals surface area contributed by atoms with Gasteiger partial charge in [0.05, 0.1) is 14.2 Å². The molecule has 6 heteroatoms. The molecule has 33 heavy (non-hydrogen) atoms. The molecule has 1 N–H and O–H groups in total. The van der Waals surface area contributed by atoms with Crippen LogP contribution in [-0.2, 0) is 11.2 Å². The average molecular weight is 443 g/mol. The number of nitrogens with one attached hydrogen (secondary N) is 1. The molecule has 1 heterocycles. The number of aryl methyl sites for hydroxylation is 1. The number of benzene rings is 3. The number of hydrogen-bond acceptors (Lipinski definition) is 4. The summed E-state index contributed by atoms with van der Waals surface area (Å²) in [7, 11) is 3.15. The van der Waals surface area contributed by atoms with Gasteiger partial charge in [0.2, 0.25) is 5.91 Å². The summed E-state index contributed by atoms with van der Waals surface area (Å²) in [6.07, 6.45) is 4.99. The molecule has 0 unspecified atom stereocenters. The van der Waals surface area contributed by atoms with Crippen molar-refractivity contribution < 1.29 is 19.1 Å². The number of carbonyl (C=O) groups excluding carboxylic acids is 2. The van der Waals surface area contributed by atoms with E-state index in [0.29, 0.717) is 29.3 Å². The lowest BCUT2D eigenvalue weighted by Crippen LogP contribution is -2.35. The molecule has 0 aromatic heterocycles. The first-order chi connectivity index (χ1) is 16.1. The predicted octanol–water partition coefficient (Wildman–Crippen LogP) is 4.95. The van der Waals surface area contributed by atoms with Crippen LogP contribution in [0, 0.1) is 0 Å². The van der Waals surface area contributed by atoms with E-state index in [0.717, 1.165) is 29.7 Å². The SMILES string of the molecule is COc1ccc(/C=C/C(=O)Nc2ccc3c(c2)N(C(=O)c2ccccc2)CCC3)cc1OC. The van der Waals surface area contributed by atoms with Crippen LogP contribution >= 0.6 is 0 Å². The maximum absolute atomic E-state index is 13.1. The maximum atomic E-state index is 13.1. The number of rotatable bonds is 6. The Morgan fingerprint density at radius 3 is 2.48 bits per heavy atom. The molecular formula is C27H26N2O4. The molecule has 4 rings (SSSR count). The number of nitrogens with zero attached hydrogens (tertiary/aromatic N) is 1. The molecule has 1 aliphatic rings. The Morgan fingerprint density at radius 1 is 0.939 bits per heavy atom. The van der Waals surface area contributed by atoms with Gasteiger partial charge in [-0.15, -0.1) is 0 Å². The fraction of sp³-hybridized carbons (Fsp3) is 0.185. The van der Waals surface area contributed by atoms with Crippen molar-refractivity contribution in [2.75, 3.05) is 31.0 Å². The van der Waals surface area contributed by atoms with E-state index in [1.807, 2.05) is 54.6 Å². The van der Waals surface area contributed by atoms with E-state index in [1.54, 1.807) is 37.3 Å². The normalized spacial score (nSPS) is 12.8. The van der Waals surface area contributed by atoms with E-state index < -0.39 is 0 Å². The van der Waals surface area contributed by atoms with Crippen LogP contribution in [0.3, 0.4) is 0 Å². The molecule has 2 amide bonds. The van der Waals surface area contributed by atoms with Crippen LogP contribution in [0.25, 0.3) is 6.08 Å². The van der Waals surface area contributed by atoms with Gasteiger partial charge in [-0.2, -0.15) is 0 Å². The summed E-state index contributed by atoms with van der Waals surface area (Å²) in [6, 6.07) is 20.4. The number of fused-ring (bicyclic) bond motifs is 1. The number of methoxy groups -OCH3 is 2. The van der Waals surface area contributed by atoms with Crippen molar-refractivity contribution in [3.63, 3.8) is 0 Å². The molecule has 0 bridgehead atoms. The van der Waals surface area contributed by atoms with Crippen LogP contribution in [0.5, 0.6) is 11.5 Å². The summed E-state index contributed by atoms with van der Waals surface area (Å²) < 4.78 is 10.5. The van der Waals surface area contributed by atoms with Gasteiger partial charge in [-0.3, -0.25) is 9.59 Å². The fourth-order valence-electron chi connectivity index (χ4n) is 3.91. The lowest BCUT2D eigenvalue weighted by atomic mass is 10.00. The topological polar surface area (TPSA) is 67.9 Å². The molecular weight excluding hydrogens is 416 g/mol. The Labute approximate surface area is 193 Å². The van der Waals surface area contributed by atoms with E-state index >= 15 is 0 Å². The van der Waals surface area contributed by atoms with Gasteiger partial charge in [0.1, 0.15) is 0 Å². The minimum absolute atomic E-state index is 0.0339. The quantitative estimate of drug-likeness (QED) is 0.549. The Kier molecular flexibility index (Phi) is 6.74. The first kappa shape index (κ1) is 22.1. The molecule has 3 aromatic carbocycles. The average Bonchev–Trinajstić information content (AvgIpc) is 2.87. The van der Waals surface area contributed by atoms with Gasteiger partial charge in [-0.25, -0.2) is 0 Å². The van der Waals surface area contributed by atoms with Gasteiger partial charge >= 0.3 is 0 Å². The third kappa shape index (κ3) is 5.06. The van der Waals surface area contributed by atoms with Crippen molar-refractivity contribution >= 4 is 29.3 Å². The highest BCUT2D eigenvalue weighted by atomic mass is 16.5. The van der Waals surface area contributed by atoms with Crippen molar-refractivity contribution in [2.24, 2.45) is 0 Å². The van der Waals surface area contributed by atoms with Crippen molar-refractivity contribution in [1.29, 1.82) is 0 Å². The Bertz CT molecular complexity index is 1190. The molecule has 0 radical (unpaired) electrons. The highest BCUT2D eigenvalue weighted by molar-refractivity contribution is 6.07. The van der Waals surface area contributed by atoms with E-state index in [-0.39, 0.29) is 11.8 Å². The molecule has 0 saturated carbocycles. The lowest BCUT2D eigenvalue weighted by molar-refractivity contribution is -0.111. The second kappa shape index (κ2) is 10.0. The van der Waals surface area contributed by atoms with Gasteiger partial charge < -0.3 is 19.7 Å². The molecule has 6 nitrogen and oxygen atoms in total. The van der Waals surface area contributed by atoms with Gasteiger partial charge in [0, 0.05) is 29.6 Å². The third-order valence-corrected chi connectivity index (χ3v) is 5.57. The summed E-state index contributed by atoms with van der Waals surface area (Å²) in [4.78, 5) is 27.4. The molecule has 0 atom stereocenters. The summed E-state index contributed by atoms with van der Waals surface area (Å²) in [5.74, 6) is 0.926. The third-order valence-electron chi connectivity index (χ3n) is 5.57. The smallest absolute Gasteiger partial charge is 0.258 e. The monoisotopic (exact) mass is 442 g/mol. The predicted molar refractivity (Wildman–Crippen MR) is 130 cm³/mol.